The van der Waals surface area contributed by atoms with E-state index in [0.717, 1.165) is 11.1 Å². The van der Waals surface area contributed by atoms with Crippen LogP contribution in [0.1, 0.15) is 16.7 Å². The highest BCUT2D eigenvalue weighted by molar-refractivity contribution is 5.46. The average molecular weight is 208 g/mol. The Morgan fingerprint density at radius 3 is 2.25 bits per heavy atom. The zero-order valence-electron chi connectivity index (χ0n) is 9.07. The Labute approximate surface area is 95.4 Å². The van der Waals surface area contributed by atoms with Gasteiger partial charge in [-0.25, -0.2) is 0 Å². The molecule has 0 aliphatic rings. The Kier molecular flexibility index (Phi) is 2.93. The summed E-state index contributed by atoms with van der Waals surface area (Å²) in [6.45, 7) is 2.04. The molecule has 1 heteroatoms. The highest BCUT2D eigenvalue weighted by Crippen LogP contribution is 2.09. The van der Waals surface area contributed by atoms with Gasteiger partial charge in [0, 0.05) is 11.1 Å². The van der Waals surface area contributed by atoms with Crippen LogP contribution in [0, 0.1) is 18.8 Å². The lowest BCUT2D eigenvalue weighted by atomic mass is 10.1. The Morgan fingerprint density at radius 2 is 1.56 bits per heavy atom. The minimum Gasteiger partial charge on any atom is -0.508 e. The van der Waals surface area contributed by atoms with Gasteiger partial charge in [0.2, 0.25) is 0 Å². The van der Waals surface area contributed by atoms with E-state index in [-0.39, 0.29) is 5.75 Å². The summed E-state index contributed by atoms with van der Waals surface area (Å²) in [7, 11) is 0. The molecule has 0 atom stereocenters. The van der Waals surface area contributed by atoms with Crippen LogP contribution >= 0.6 is 0 Å². The van der Waals surface area contributed by atoms with E-state index < -0.39 is 0 Å². The molecule has 0 fully saturated rings. The van der Waals surface area contributed by atoms with Crippen LogP contribution in [0.3, 0.4) is 0 Å². The van der Waals surface area contributed by atoms with Crippen molar-refractivity contribution in [2.45, 2.75) is 6.92 Å². The normalized spacial score (nSPS) is 9.31. The fourth-order valence-corrected chi connectivity index (χ4v) is 1.40. The Morgan fingerprint density at radius 1 is 0.875 bits per heavy atom. The van der Waals surface area contributed by atoms with Gasteiger partial charge < -0.3 is 5.11 Å². The molecule has 0 saturated heterocycles. The number of benzene rings is 2. The molecule has 0 saturated carbocycles. The number of aromatic hydroxyl groups is 1. The fourth-order valence-electron chi connectivity index (χ4n) is 1.40. The maximum Gasteiger partial charge on any atom is 0.115 e. The van der Waals surface area contributed by atoms with Gasteiger partial charge in [-0.1, -0.05) is 30.0 Å². The predicted molar refractivity (Wildman–Crippen MR) is 65.3 cm³/mol. The average Bonchev–Trinajstić information content (AvgIpc) is 2.30. The second kappa shape index (κ2) is 4.55. The van der Waals surface area contributed by atoms with E-state index in [1.165, 1.54) is 5.56 Å². The molecular formula is C15H12O. The van der Waals surface area contributed by atoms with E-state index in [1.807, 2.05) is 31.2 Å². The summed E-state index contributed by atoms with van der Waals surface area (Å²) in [6.07, 6.45) is 0. The smallest absolute Gasteiger partial charge is 0.115 e. The third-order valence-corrected chi connectivity index (χ3v) is 2.35. The van der Waals surface area contributed by atoms with Crippen LogP contribution < -0.4 is 0 Å². The van der Waals surface area contributed by atoms with Crippen LogP contribution in [0.5, 0.6) is 5.75 Å². The number of phenols is 1. The van der Waals surface area contributed by atoms with Crippen LogP contribution in [0.15, 0.2) is 48.5 Å². The van der Waals surface area contributed by atoms with Gasteiger partial charge in [0.15, 0.2) is 0 Å². The lowest BCUT2D eigenvalue weighted by Gasteiger charge is -1.95. The maximum atomic E-state index is 9.14. The molecule has 78 valence electrons. The van der Waals surface area contributed by atoms with Gasteiger partial charge in [0.05, 0.1) is 0 Å². The molecule has 2 rings (SSSR count). The van der Waals surface area contributed by atoms with Gasteiger partial charge in [0.25, 0.3) is 0 Å². The SMILES string of the molecule is Cc1ccccc1C#Cc1ccc(O)cc1. The van der Waals surface area contributed by atoms with Gasteiger partial charge in [-0.2, -0.15) is 0 Å². The summed E-state index contributed by atoms with van der Waals surface area (Å²) in [5.74, 6) is 6.45. The number of hydrogen-bond donors (Lipinski definition) is 1. The second-order valence-electron chi connectivity index (χ2n) is 3.61. The third-order valence-electron chi connectivity index (χ3n) is 2.35. The molecule has 0 bridgehead atoms. The summed E-state index contributed by atoms with van der Waals surface area (Å²) in [5.41, 5.74) is 3.12. The minimum atomic E-state index is 0.265. The highest BCUT2D eigenvalue weighted by Gasteiger charge is 1.91. The molecule has 2 aromatic rings. The van der Waals surface area contributed by atoms with E-state index in [0.29, 0.717) is 0 Å². The Bertz CT molecular complexity index is 542. The van der Waals surface area contributed by atoms with E-state index in [1.54, 1.807) is 24.3 Å². The van der Waals surface area contributed by atoms with Crippen LogP contribution in [-0.2, 0) is 0 Å². The summed E-state index contributed by atoms with van der Waals surface area (Å²) >= 11 is 0. The molecule has 0 spiro atoms. The molecule has 0 aromatic heterocycles. The van der Waals surface area contributed by atoms with Crippen molar-refractivity contribution < 1.29 is 5.11 Å². The molecule has 1 N–H and O–H groups in total. The van der Waals surface area contributed by atoms with Crippen molar-refractivity contribution in [2.75, 3.05) is 0 Å². The molecule has 0 aliphatic heterocycles. The van der Waals surface area contributed by atoms with Crippen LogP contribution in [0.2, 0.25) is 0 Å². The monoisotopic (exact) mass is 208 g/mol. The quantitative estimate of drug-likeness (QED) is 0.659. The molecule has 1 nitrogen and oxygen atoms in total. The number of aryl methyl sites for hydroxylation is 1. The Balaban J connectivity index is 2.29. The zero-order chi connectivity index (χ0) is 11.4. The summed E-state index contributed by atoms with van der Waals surface area (Å²) in [5, 5.41) is 9.14. The van der Waals surface area contributed by atoms with E-state index in [9.17, 15) is 0 Å². The molecule has 0 aliphatic carbocycles. The van der Waals surface area contributed by atoms with Crippen LogP contribution in [0.4, 0.5) is 0 Å². The summed E-state index contributed by atoms with van der Waals surface area (Å²) in [4.78, 5) is 0. The Hall–Kier alpha value is -2.20. The minimum absolute atomic E-state index is 0.265. The van der Waals surface area contributed by atoms with Crippen molar-refractivity contribution >= 4 is 0 Å². The van der Waals surface area contributed by atoms with Crippen molar-refractivity contribution in [3.63, 3.8) is 0 Å². The third kappa shape index (κ3) is 2.43. The first-order valence-electron chi connectivity index (χ1n) is 5.12. The number of hydrogen-bond acceptors (Lipinski definition) is 1. The van der Waals surface area contributed by atoms with Gasteiger partial charge in [-0.3, -0.25) is 0 Å². The van der Waals surface area contributed by atoms with Crippen molar-refractivity contribution in [3.8, 4) is 17.6 Å². The topological polar surface area (TPSA) is 20.2 Å². The van der Waals surface area contributed by atoms with Gasteiger partial charge in [-0.05, 0) is 42.8 Å². The van der Waals surface area contributed by atoms with E-state index in [4.69, 9.17) is 5.11 Å². The molecule has 2 aromatic carbocycles. The van der Waals surface area contributed by atoms with E-state index >= 15 is 0 Å². The fraction of sp³-hybridized carbons (Fsp3) is 0.0667. The van der Waals surface area contributed by atoms with Gasteiger partial charge in [0.1, 0.15) is 5.75 Å². The molecule has 0 unspecified atom stereocenters. The van der Waals surface area contributed by atoms with Crippen molar-refractivity contribution in [1.82, 2.24) is 0 Å². The van der Waals surface area contributed by atoms with Crippen LogP contribution in [0.25, 0.3) is 0 Å². The summed E-state index contributed by atoms with van der Waals surface area (Å²) in [6, 6.07) is 14.9. The van der Waals surface area contributed by atoms with Gasteiger partial charge >= 0.3 is 0 Å². The summed E-state index contributed by atoms with van der Waals surface area (Å²) < 4.78 is 0. The number of phenolic OH excluding ortho intramolecular Hbond substituents is 1. The number of rotatable bonds is 0. The standard InChI is InChI=1S/C15H12O/c1-12-4-2-3-5-14(12)9-6-13-7-10-15(16)11-8-13/h2-5,7-8,10-11,16H,1H3. The first-order valence-corrected chi connectivity index (χ1v) is 5.12. The lowest BCUT2D eigenvalue weighted by molar-refractivity contribution is 0.475. The van der Waals surface area contributed by atoms with Crippen LogP contribution in [-0.4, -0.2) is 5.11 Å². The predicted octanol–water partition coefficient (Wildman–Crippen LogP) is 3.10. The van der Waals surface area contributed by atoms with E-state index in [2.05, 4.69) is 11.8 Å². The maximum absolute atomic E-state index is 9.14. The zero-order valence-corrected chi connectivity index (χ0v) is 9.07. The molecule has 0 heterocycles. The van der Waals surface area contributed by atoms with Gasteiger partial charge in [-0.15, -0.1) is 0 Å². The van der Waals surface area contributed by atoms with Crippen molar-refractivity contribution in [1.29, 1.82) is 0 Å². The van der Waals surface area contributed by atoms with Crippen molar-refractivity contribution in [2.24, 2.45) is 0 Å². The lowest BCUT2D eigenvalue weighted by Crippen LogP contribution is -1.80. The highest BCUT2D eigenvalue weighted by atomic mass is 16.3. The molecule has 0 radical (unpaired) electrons. The van der Waals surface area contributed by atoms with Crippen molar-refractivity contribution in [3.05, 3.63) is 65.2 Å². The first kappa shape index (κ1) is 10.3. The molecule has 0 amide bonds. The molecular weight excluding hydrogens is 196 g/mol. The second-order valence-corrected chi connectivity index (χ2v) is 3.61. The first-order chi connectivity index (χ1) is 7.75. The largest absolute Gasteiger partial charge is 0.508 e. The molecule has 16 heavy (non-hydrogen) atoms.